The maximum Gasteiger partial charge on any atom is 0.123 e. The first-order chi connectivity index (χ1) is 9.60. The molecule has 0 radical (unpaired) electrons. The maximum atomic E-state index is 13.4. The molecule has 0 aliphatic heterocycles. The molecular weight excluding hydrogens is 255 g/mol. The molecule has 0 aliphatic carbocycles. The van der Waals surface area contributed by atoms with Crippen LogP contribution in [0.3, 0.4) is 0 Å². The fourth-order valence-electron chi connectivity index (χ4n) is 2.01. The molecule has 0 bridgehead atoms. The highest BCUT2D eigenvalue weighted by molar-refractivity contribution is 5.36. The minimum Gasteiger partial charge on any atom is -0.496 e. The highest BCUT2D eigenvalue weighted by Crippen LogP contribution is 2.25. The standard InChI is InChI=1S/C16H19FN2O/c1-11-4-6-14(19-9-11)10-18-12(2)15-8-13(17)5-7-16(15)20-3/h4-9,12,18H,10H2,1-3H3. The first kappa shape index (κ1) is 14.5. The summed E-state index contributed by atoms with van der Waals surface area (Å²) in [7, 11) is 1.59. The Morgan fingerprint density at radius 1 is 1.30 bits per heavy atom. The third-order valence-corrected chi connectivity index (χ3v) is 3.22. The molecule has 4 heteroatoms. The fourth-order valence-corrected chi connectivity index (χ4v) is 2.01. The zero-order valence-electron chi connectivity index (χ0n) is 12.0. The van der Waals surface area contributed by atoms with E-state index in [0.717, 1.165) is 16.8 Å². The third-order valence-electron chi connectivity index (χ3n) is 3.22. The van der Waals surface area contributed by atoms with Gasteiger partial charge in [-0.05, 0) is 43.7 Å². The molecule has 2 aromatic rings. The molecule has 0 spiro atoms. The maximum absolute atomic E-state index is 13.4. The molecule has 1 unspecified atom stereocenters. The topological polar surface area (TPSA) is 34.1 Å². The van der Waals surface area contributed by atoms with Crippen LogP contribution in [0.4, 0.5) is 4.39 Å². The van der Waals surface area contributed by atoms with Gasteiger partial charge >= 0.3 is 0 Å². The van der Waals surface area contributed by atoms with Gasteiger partial charge in [0.2, 0.25) is 0 Å². The smallest absolute Gasteiger partial charge is 0.123 e. The SMILES string of the molecule is COc1ccc(F)cc1C(C)NCc1ccc(C)cn1. The Morgan fingerprint density at radius 2 is 2.10 bits per heavy atom. The van der Waals surface area contributed by atoms with Crippen molar-refractivity contribution in [1.29, 1.82) is 0 Å². The third kappa shape index (κ3) is 3.54. The van der Waals surface area contributed by atoms with Crippen molar-refractivity contribution < 1.29 is 9.13 Å². The summed E-state index contributed by atoms with van der Waals surface area (Å²) in [5, 5.41) is 3.33. The van der Waals surface area contributed by atoms with E-state index >= 15 is 0 Å². The van der Waals surface area contributed by atoms with Crippen molar-refractivity contribution in [2.24, 2.45) is 0 Å². The molecule has 106 valence electrons. The van der Waals surface area contributed by atoms with Crippen LogP contribution in [0.2, 0.25) is 0 Å². The van der Waals surface area contributed by atoms with Crippen LogP contribution < -0.4 is 10.1 Å². The number of ether oxygens (including phenoxy) is 1. The summed E-state index contributed by atoms with van der Waals surface area (Å²) >= 11 is 0. The summed E-state index contributed by atoms with van der Waals surface area (Å²) in [6.07, 6.45) is 1.84. The summed E-state index contributed by atoms with van der Waals surface area (Å²) in [6.45, 7) is 4.61. The van der Waals surface area contributed by atoms with Gasteiger partial charge in [-0.2, -0.15) is 0 Å². The summed E-state index contributed by atoms with van der Waals surface area (Å²) in [5.41, 5.74) is 2.89. The minimum atomic E-state index is -0.261. The second-order valence-corrected chi connectivity index (χ2v) is 4.82. The Morgan fingerprint density at radius 3 is 2.75 bits per heavy atom. The number of aryl methyl sites for hydroxylation is 1. The second-order valence-electron chi connectivity index (χ2n) is 4.82. The van der Waals surface area contributed by atoms with E-state index in [4.69, 9.17) is 4.74 Å². The zero-order valence-corrected chi connectivity index (χ0v) is 12.0. The van der Waals surface area contributed by atoms with E-state index in [1.54, 1.807) is 13.2 Å². The predicted molar refractivity (Wildman–Crippen MR) is 77.2 cm³/mol. The van der Waals surface area contributed by atoms with E-state index in [9.17, 15) is 4.39 Å². The Bertz CT molecular complexity index is 569. The number of halogens is 1. The highest BCUT2D eigenvalue weighted by atomic mass is 19.1. The lowest BCUT2D eigenvalue weighted by molar-refractivity contribution is 0.399. The number of hydrogen-bond donors (Lipinski definition) is 1. The average molecular weight is 274 g/mol. The second kappa shape index (κ2) is 6.48. The number of nitrogens with zero attached hydrogens (tertiary/aromatic N) is 1. The van der Waals surface area contributed by atoms with Crippen LogP contribution in [-0.2, 0) is 6.54 Å². The van der Waals surface area contributed by atoms with Crippen molar-refractivity contribution in [3.05, 3.63) is 59.2 Å². The molecular formula is C16H19FN2O. The van der Waals surface area contributed by atoms with Crippen molar-refractivity contribution in [3.63, 3.8) is 0 Å². The Kier molecular flexibility index (Phi) is 4.69. The Labute approximate surface area is 118 Å². The molecule has 0 aliphatic rings. The fraction of sp³-hybridized carbons (Fsp3) is 0.312. The Hall–Kier alpha value is -1.94. The Balaban J connectivity index is 2.06. The van der Waals surface area contributed by atoms with Crippen molar-refractivity contribution in [2.45, 2.75) is 26.4 Å². The predicted octanol–water partition coefficient (Wildman–Crippen LogP) is 3.39. The molecule has 1 atom stereocenters. The quantitative estimate of drug-likeness (QED) is 0.907. The average Bonchev–Trinajstić information content (AvgIpc) is 2.46. The van der Waals surface area contributed by atoms with Crippen LogP contribution in [0.5, 0.6) is 5.75 Å². The molecule has 2 rings (SSSR count). The molecule has 20 heavy (non-hydrogen) atoms. The van der Waals surface area contributed by atoms with E-state index in [1.165, 1.54) is 12.1 Å². The number of pyridine rings is 1. The van der Waals surface area contributed by atoms with E-state index in [-0.39, 0.29) is 11.9 Å². The van der Waals surface area contributed by atoms with Crippen LogP contribution in [0.15, 0.2) is 36.5 Å². The lowest BCUT2D eigenvalue weighted by Crippen LogP contribution is -2.19. The van der Waals surface area contributed by atoms with E-state index in [2.05, 4.69) is 10.3 Å². The van der Waals surface area contributed by atoms with E-state index in [1.807, 2.05) is 32.2 Å². The molecule has 1 aromatic heterocycles. The van der Waals surface area contributed by atoms with Crippen LogP contribution in [0.25, 0.3) is 0 Å². The van der Waals surface area contributed by atoms with Gasteiger partial charge in [0.05, 0.1) is 12.8 Å². The largest absolute Gasteiger partial charge is 0.496 e. The first-order valence-corrected chi connectivity index (χ1v) is 6.58. The van der Waals surface area contributed by atoms with Gasteiger partial charge in [0.25, 0.3) is 0 Å². The van der Waals surface area contributed by atoms with Gasteiger partial charge in [-0.15, -0.1) is 0 Å². The molecule has 0 fully saturated rings. The van der Waals surface area contributed by atoms with Crippen molar-refractivity contribution in [1.82, 2.24) is 10.3 Å². The van der Waals surface area contributed by atoms with Gasteiger partial charge in [-0.1, -0.05) is 6.07 Å². The molecule has 0 amide bonds. The highest BCUT2D eigenvalue weighted by Gasteiger charge is 2.12. The summed E-state index contributed by atoms with van der Waals surface area (Å²) in [4.78, 5) is 4.34. The molecule has 1 N–H and O–H groups in total. The first-order valence-electron chi connectivity index (χ1n) is 6.58. The normalized spacial score (nSPS) is 12.2. The molecule has 0 saturated heterocycles. The van der Waals surface area contributed by atoms with Crippen molar-refractivity contribution >= 4 is 0 Å². The van der Waals surface area contributed by atoms with Gasteiger partial charge in [0, 0.05) is 24.3 Å². The van der Waals surface area contributed by atoms with Crippen LogP contribution in [0, 0.1) is 12.7 Å². The van der Waals surface area contributed by atoms with Gasteiger partial charge in [0.1, 0.15) is 11.6 Å². The number of hydrogen-bond acceptors (Lipinski definition) is 3. The molecule has 1 aromatic carbocycles. The minimum absolute atomic E-state index is 0.0243. The summed E-state index contributed by atoms with van der Waals surface area (Å²) in [6, 6.07) is 8.53. The van der Waals surface area contributed by atoms with Gasteiger partial charge in [0.15, 0.2) is 0 Å². The number of methoxy groups -OCH3 is 1. The lowest BCUT2D eigenvalue weighted by Gasteiger charge is -2.17. The number of nitrogens with one attached hydrogen (secondary N) is 1. The van der Waals surface area contributed by atoms with Gasteiger partial charge < -0.3 is 10.1 Å². The van der Waals surface area contributed by atoms with Crippen LogP contribution in [-0.4, -0.2) is 12.1 Å². The molecule has 3 nitrogen and oxygen atoms in total. The van der Waals surface area contributed by atoms with Gasteiger partial charge in [-0.3, -0.25) is 4.98 Å². The number of rotatable bonds is 5. The molecule has 0 saturated carbocycles. The lowest BCUT2D eigenvalue weighted by atomic mass is 10.1. The summed E-state index contributed by atoms with van der Waals surface area (Å²) in [5.74, 6) is 0.422. The van der Waals surface area contributed by atoms with Crippen LogP contribution in [0.1, 0.15) is 29.8 Å². The monoisotopic (exact) mass is 274 g/mol. The van der Waals surface area contributed by atoms with Gasteiger partial charge in [-0.25, -0.2) is 4.39 Å². The zero-order chi connectivity index (χ0) is 14.5. The van der Waals surface area contributed by atoms with Crippen molar-refractivity contribution in [3.8, 4) is 5.75 Å². The van der Waals surface area contributed by atoms with E-state index in [0.29, 0.717) is 12.3 Å². The molecule has 1 heterocycles. The van der Waals surface area contributed by atoms with Crippen LogP contribution >= 0.6 is 0 Å². The number of benzene rings is 1. The summed E-state index contributed by atoms with van der Waals surface area (Å²) < 4.78 is 18.6. The number of aromatic nitrogens is 1. The van der Waals surface area contributed by atoms with E-state index < -0.39 is 0 Å². The van der Waals surface area contributed by atoms with Crippen molar-refractivity contribution in [2.75, 3.05) is 7.11 Å².